The molecule has 2 aromatic heterocycles. The molecule has 1 saturated carbocycles. The SMILES string of the molecule is Cc1cnc2c(OC3CC3)cc(C(=O)CC[C@](C)(O)c3cc4c(c(-c5ccc(F)cc5)n3)OC[C@]4(C)C(N)=O)cc2c1. The van der Waals surface area contributed by atoms with Crippen LogP contribution in [-0.4, -0.2) is 39.5 Å². The van der Waals surface area contributed by atoms with Gasteiger partial charge in [0.15, 0.2) is 5.78 Å². The first kappa shape index (κ1) is 27.8. The summed E-state index contributed by atoms with van der Waals surface area (Å²) in [6, 6.07) is 12.8. The lowest BCUT2D eigenvalue weighted by Gasteiger charge is -2.26. The van der Waals surface area contributed by atoms with Gasteiger partial charge < -0.3 is 20.3 Å². The fourth-order valence-corrected chi connectivity index (χ4v) is 5.24. The number of fused-ring (bicyclic) bond motifs is 2. The molecule has 1 aliphatic carbocycles. The van der Waals surface area contributed by atoms with E-state index in [1.165, 1.54) is 12.1 Å². The molecule has 42 heavy (non-hydrogen) atoms. The van der Waals surface area contributed by atoms with Crippen LogP contribution in [0.2, 0.25) is 0 Å². The quantitative estimate of drug-likeness (QED) is 0.262. The zero-order chi connectivity index (χ0) is 29.8. The van der Waals surface area contributed by atoms with Gasteiger partial charge in [0, 0.05) is 34.7 Å². The zero-order valence-corrected chi connectivity index (χ0v) is 23.7. The minimum Gasteiger partial charge on any atom is -0.489 e. The molecule has 3 heterocycles. The number of nitrogens with zero attached hydrogens (tertiary/aromatic N) is 2. The minimum atomic E-state index is -1.55. The third-order valence-corrected chi connectivity index (χ3v) is 8.15. The van der Waals surface area contributed by atoms with Gasteiger partial charge in [-0.3, -0.25) is 14.6 Å². The van der Waals surface area contributed by atoms with E-state index in [1.54, 1.807) is 44.3 Å². The van der Waals surface area contributed by atoms with Crippen molar-refractivity contribution in [1.29, 1.82) is 0 Å². The van der Waals surface area contributed by atoms with Crippen LogP contribution in [0.5, 0.6) is 11.5 Å². The van der Waals surface area contributed by atoms with Crippen molar-refractivity contribution in [2.24, 2.45) is 5.73 Å². The summed E-state index contributed by atoms with van der Waals surface area (Å²) in [5.74, 6) is -0.208. The van der Waals surface area contributed by atoms with Crippen molar-refractivity contribution in [3.63, 3.8) is 0 Å². The molecule has 2 atom stereocenters. The van der Waals surface area contributed by atoms with Crippen LogP contribution >= 0.6 is 0 Å². The number of aromatic nitrogens is 2. The summed E-state index contributed by atoms with van der Waals surface area (Å²) >= 11 is 0. The first-order valence-electron chi connectivity index (χ1n) is 14.0. The highest BCUT2D eigenvalue weighted by Crippen LogP contribution is 2.46. The first-order valence-corrected chi connectivity index (χ1v) is 14.0. The van der Waals surface area contributed by atoms with Gasteiger partial charge in [0.25, 0.3) is 0 Å². The number of amides is 1. The molecule has 3 N–H and O–H groups in total. The van der Waals surface area contributed by atoms with E-state index in [2.05, 4.69) is 4.98 Å². The van der Waals surface area contributed by atoms with Crippen LogP contribution in [0.25, 0.3) is 22.2 Å². The number of nitrogens with two attached hydrogens (primary N) is 1. The van der Waals surface area contributed by atoms with Crippen molar-refractivity contribution >= 4 is 22.6 Å². The van der Waals surface area contributed by atoms with Crippen molar-refractivity contribution in [3.05, 3.63) is 82.9 Å². The van der Waals surface area contributed by atoms with E-state index in [1.807, 2.05) is 19.1 Å². The maximum atomic E-state index is 13.7. The highest BCUT2D eigenvalue weighted by molar-refractivity contribution is 6.01. The van der Waals surface area contributed by atoms with Gasteiger partial charge in [-0.25, -0.2) is 9.37 Å². The normalized spacial score (nSPS) is 19.2. The van der Waals surface area contributed by atoms with Gasteiger partial charge in [0.2, 0.25) is 5.91 Å². The number of halogens is 1. The Kier molecular flexibility index (Phi) is 6.73. The number of aryl methyl sites for hydroxylation is 1. The molecule has 0 bridgehead atoms. The van der Waals surface area contributed by atoms with E-state index in [0.29, 0.717) is 39.4 Å². The number of primary amides is 1. The highest BCUT2D eigenvalue weighted by atomic mass is 19.1. The van der Waals surface area contributed by atoms with E-state index < -0.39 is 22.7 Å². The number of benzene rings is 2. The Labute approximate surface area is 242 Å². The number of ketones is 1. The average molecular weight is 570 g/mol. The number of aliphatic hydroxyl groups is 1. The Bertz CT molecular complexity index is 1730. The molecule has 0 spiro atoms. The van der Waals surface area contributed by atoms with Crippen LogP contribution in [0.15, 0.2) is 54.7 Å². The van der Waals surface area contributed by atoms with Crippen LogP contribution in [0.1, 0.15) is 66.7 Å². The number of pyridine rings is 2. The van der Waals surface area contributed by atoms with Crippen LogP contribution in [0, 0.1) is 12.7 Å². The summed E-state index contributed by atoms with van der Waals surface area (Å²) in [6.07, 6.45) is 3.94. The van der Waals surface area contributed by atoms with Crippen LogP contribution in [0.3, 0.4) is 0 Å². The van der Waals surface area contributed by atoms with Gasteiger partial charge in [-0.2, -0.15) is 0 Å². The van der Waals surface area contributed by atoms with Gasteiger partial charge in [0.05, 0.1) is 11.8 Å². The molecule has 1 amide bonds. The van der Waals surface area contributed by atoms with Gasteiger partial charge >= 0.3 is 0 Å². The predicted molar refractivity (Wildman–Crippen MR) is 155 cm³/mol. The molecule has 216 valence electrons. The third kappa shape index (κ3) is 5.09. The van der Waals surface area contributed by atoms with Crippen molar-refractivity contribution in [2.75, 3.05) is 6.61 Å². The molecule has 6 rings (SSSR count). The predicted octanol–water partition coefficient (Wildman–Crippen LogP) is 5.29. The van der Waals surface area contributed by atoms with Crippen molar-refractivity contribution in [1.82, 2.24) is 9.97 Å². The summed E-state index contributed by atoms with van der Waals surface area (Å²) in [4.78, 5) is 35.2. The summed E-state index contributed by atoms with van der Waals surface area (Å²) in [6.45, 7) is 5.21. The molecule has 0 saturated heterocycles. The number of rotatable bonds is 9. The number of hydrogen-bond donors (Lipinski definition) is 2. The number of Topliss-reactive ketones (excluding diaryl/α,β-unsaturated/α-hetero) is 1. The molecule has 9 heteroatoms. The number of hydrogen-bond acceptors (Lipinski definition) is 7. The fraction of sp³-hybridized carbons (Fsp3) is 0.333. The summed E-state index contributed by atoms with van der Waals surface area (Å²) < 4.78 is 25.7. The zero-order valence-electron chi connectivity index (χ0n) is 23.7. The van der Waals surface area contributed by atoms with E-state index in [4.69, 9.17) is 20.2 Å². The minimum absolute atomic E-state index is 0.0131. The molecular formula is C33H32FN3O5. The number of carbonyl (C=O) groups is 2. The molecular weight excluding hydrogens is 537 g/mol. The summed E-state index contributed by atoms with van der Waals surface area (Å²) in [7, 11) is 0. The first-order chi connectivity index (χ1) is 19.9. The molecule has 4 aromatic rings. The smallest absolute Gasteiger partial charge is 0.231 e. The second-order valence-corrected chi connectivity index (χ2v) is 11.8. The largest absolute Gasteiger partial charge is 0.489 e. The maximum Gasteiger partial charge on any atom is 0.231 e. The van der Waals surface area contributed by atoms with Gasteiger partial charge in [0.1, 0.15) is 46.1 Å². The van der Waals surface area contributed by atoms with Gasteiger partial charge in [-0.15, -0.1) is 0 Å². The van der Waals surface area contributed by atoms with Gasteiger partial charge in [-0.05, 0) is 94.1 Å². The summed E-state index contributed by atoms with van der Waals surface area (Å²) in [5, 5.41) is 12.5. The lowest BCUT2D eigenvalue weighted by Crippen LogP contribution is -2.40. The highest BCUT2D eigenvalue weighted by Gasteiger charge is 2.45. The van der Waals surface area contributed by atoms with E-state index in [-0.39, 0.29) is 37.0 Å². The Morgan fingerprint density at radius 1 is 1.19 bits per heavy atom. The van der Waals surface area contributed by atoms with E-state index in [9.17, 15) is 19.1 Å². The van der Waals surface area contributed by atoms with Crippen LogP contribution in [0.4, 0.5) is 4.39 Å². The van der Waals surface area contributed by atoms with Crippen molar-refractivity contribution in [2.45, 2.75) is 63.6 Å². The fourth-order valence-electron chi connectivity index (χ4n) is 5.24. The van der Waals surface area contributed by atoms with Gasteiger partial charge in [-0.1, -0.05) is 0 Å². The molecule has 8 nitrogen and oxygen atoms in total. The second kappa shape index (κ2) is 10.2. The Hall–Kier alpha value is -4.37. The average Bonchev–Trinajstić information content (AvgIpc) is 3.71. The Balaban J connectivity index is 1.33. The monoisotopic (exact) mass is 569 g/mol. The lowest BCUT2D eigenvalue weighted by atomic mass is 9.81. The third-order valence-electron chi connectivity index (χ3n) is 8.15. The van der Waals surface area contributed by atoms with Crippen molar-refractivity contribution in [3.8, 4) is 22.8 Å². The molecule has 2 aromatic carbocycles. The maximum absolute atomic E-state index is 13.7. The number of carbonyl (C=O) groups excluding carboxylic acids is 2. The van der Waals surface area contributed by atoms with E-state index in [0.717, 1.165) is 23.8 Å². The molecule has 1 aliphatic heterocycles. The molecule has 0 unspecified atom stereocenters. The van der Waals surface area contributed by atoms with Crippen LogP contribution in [-0.2, 0) is 15.8 Å². The number of ether oxygens (including phenoxy) is 2. The Morgan fingerprint density at radius 2 is 1.93 bits per heavy atom. The topological polar surface area (TPSA) is 125 Å². The van der Waals surface area contributed by atoms with Crippen LogP contribution < -0.4 is 15.2 Å². The standard InChI is InChI=1S/C33H32FN3O5/c1-18-12-21-13-20(14-26(28(21)36-16-18)42-23-8-9-23)25(38)10-11-33(3,40)27-15-24-30(41-17-32(24,2)31(35)39)29(37-27)19-4-6-22(34)7-5-19/h4-7,12-16,23,40H,8-11,17H2,1-3H3,(H2,35,39)/t32-,33-/m0/s1. The van der Waals surface area contributed by atoms with E-state index >= 15 is 0 Å². The second-order valence-electron chi connectivity index (χ2n) is 11.8. The lowest BCUT2D eigenvalue weighted by molar-refractivity contribution is -0.123. The molecule has 1 fully saturated rings. The molecule has 0 radical (unpaired) electrons. The molecule has 2 aliphatic rings. The van der Waals surface area contributed by atoms with Crippen molar-refractivity contribution < 1.29 is 28.6 Å². The summed E-state index contributed by atoms with van der Waals surface area (Å²) in [5.41, 5.74) is 6.88. The Morgan fingerprint density at radius 3 is 2.62 bits per heavy atom.